The minimum absolute atomic E-state index is 0.0697. The van der Waals surface area contributed by atoms with Gasteiger partial charge in [0.25, 0.3) is 0 Å². The van der Waals surface area contributed by atoms with Gasteiger partial charge in [0.1, 0.15) is 5.82 Å². The molecule has 1 aromatic heterocycles. The van der Waals surface area contributed by atoms with Crippen molar-refractivity contribution in [3.8, 4) is 0 Å². The molecule has 0 aliphatic carbocycles. The highest BCUT2D eigenvalue weighted by Gasteiger charge is 2.12. The quantitative estimate of drug-likeness (QED) is 0.854. The first-order valence-corrected chi connectivity index (χ1v) is 9.52. The van der Waals surface area contributed by atoms with Gasteiger partial charge in [-0.3, -0.25) is 14.7 Å². The number of benzene rings is 1. The number of carbonyl (C=O) groups excluding carboxylic acids is 1. The molecule has 1 amide bonds. The molecule has 1 N–H and O–H groups in total. The van der Waals surface area contributed by atoms with Crippen LogP contribution in [-0.2, 0) is 11.3 Å². The van der Waals surface area contributed by atoms with Crippen LogP contribution in [0.2, 0.25) is 0 Å². The Morgan fingerprint density at radius 3 is 2.92 bits per heavy atom. The van der Waals surface area contributed by atoms with Crippen molar-refractivity contribution in [2.45, 2.75) is 6.54 Å². The largest absolute Gasteiger partial charge is 0.349 e. The van der Waals surface area contributed by atoms with Crippen LogP contribution in [0.15, 0.2) is 42.9 Å². The van der Waals surface area contributed by atoms with E-state index in [0.717, 1.165) is 25.3 Å². The first kappa shape index (κ1) is 17.7. The Balaban J connectivity index is 1.55. The standard InChI is InChI=1S/C18H23N5OS/c1-22(17-12-19-5-6-20-17)14-18(24)21-16-4-2-3-15(11-16)13-23-7-9-25-10-8-23/h2-6,11-12H,7-10,13-14H2,1H3,(H,21,24). The van der Waals surface area contributed by atoms with E-state index in [9.17, 15) is 4.79 Å². The highest BCUT2D eigenvalue weighted by atomic mass is 32.2. The third-order valence-electron chi connectivity index (χ3n) is 4.04. The molecule has 0 atom stereocenters. The summed E-state index contributed by atoms with van der Waals surface area (Å²) in [5, 5.41) is 2.97. The lowest BCUT2D eigenvalue weighted by Gasteiger charge is -2.26. The highest BCUT2D eigenvalue weighted by Crippen LogP contribution is 2.16. The van der Waals surface area contributed by atoms with Gasteiger partial charge in [-0.25, -0.2) is 4.98 Å². The van der Waals surface area contributed by atoms with Gasteiger partial charge in [0.2, 0.25) is 5.91 Å². The summed E-state index contributed by atoms with van der Waals surface area (Å²) in [6.07, 6.45) is 4.88. The molecule has 1 saturated heterocycles. The number of amides is 1. The van der Waals surface area contributed by atoms with Gasteiger partial charge in [0, 0.05) is 56.3 Å². The molecule has 0 saturated carbocycles. The summed E-state index contributed by atoms with van der Waals surface area (Å²) in [6, 6.07) is 8.09. The Labute approximate surface area is 152 Å². The van der Waals surface area contributed by atoms with Crippen LogP contribution in [0.1, 0.15) is 5.56 Å². The summed E-state index contributed by atoms with van der Waals surface area (Å²) in [4.78, 5) is 24.7. The molecule has 132 valence electrons. The molecule has 0 unspecified atom stereocenters. The topological polar surface area (TPSA) is 61.4 Å². The molecule has 0 radical (unpaired) electrons. The third kappa shape index (κ3) is 5.44. The molecule has 1 aliphatic rings. The maximum atomic E-state index is 12.3. The number of thioether (sulfide) groups is 1. The van der Waals surface area contributed by atoms with E-state index in [4.69, 9.17) is 0 Å². The second-order valence-corrected chi connectivity index (χ2v) is 7.28. The Morgan fingerprint density at radius 2 is 2.16 bits per heavy atom. The normalized spacial score (nSPS) is 14.9. The van der Waals surface area contributed by atoms with Gasteiger partial charge in [0.05, 0.1) is 12.7 Å². The first-order valence-electron chi connectivity index (χ1n) is 8.37. The number of rotatable bonds is 6. The second kappa shape index (κ2) is 8.82. The smallest absolute Gasteiger partial charge is 0.243 e. The van der Waals surface area contributed by atoms with Gasteiger partial charge in [-0.15, -0.1) is 0 Å². The molecule has 0 spiro atoms. The van der Waals surface area contributed by atoms with Crippen LogP contribution in [0.4, 0.5) is 11.5 Å². The molecule has 2 heterocycles. The number of aromatic nitrogens is 2. The summed E-state index contributed by atoms with van der Waals surface area (Å²) >= 11 is 2.01. The van der Waals surface area contributed by atoms with Crippen molar-refractivity contribution < 1.29 is 4.79 Å². The Kier molecular flexibility index (Phi) is 6.25. The lowest BCUT2D eigenvalue weighted by Crippen LogP contribution is -2.32. The zero-order chi connectivity index (χ0) is 17.5. The fourth-order valence-corrected chi connectivity index (χ4v) is 3.73. The predicted molar refractivity (Wildman–Crippen MR) is 103 cm³/mol. The zero-order valence-electron chi connectivity index (χ0n) is 14.4. The number of hydrogen-bond donors (Lipinski definition) is 1. The van der Waals surface area contributed by atoms with E-state index in [1.807, 2.05) is 30.9 Å². The van der Waals surface area contributed by atoms with Crippen LogP contribution in [0.3, 0.4) is 0 Å². The van der Waals surface area contributed by atoms with Gasteiger partial charge in [-0.1, -0.05) is 12.1 Å². The minimum Gasteiger partial charge on any atom is -0.349 e. The van der Waals surface area contributed by atoms with E-state index >= 15 is 0 Å². The van der Waals surface area contributed by atoms with Gasteiger partial charge in [-0.05, 0) is 17.7 Å². The van der Waals surface area contributed by atoms with Crippen LogP contribution >= 0.6 is 11.8 Å². The van der Waals surface area contributed by atoms with E-state index < -0.39 is 0 Å². The van der Waals surface area contributed by atoms with Crippen molar-refractivity contribution in [1.82, 2.24) is 14.9 Å². The SMILES string of the molecule is CN(CC(=O)Nc1cccc(CN2CCSCC2)c1)c1cnccn1. The number of nitrogens with zero attached hydrogens (tertiary/aromatic N) is 4. The fourth-order valence-electron chi connectivity index (χ4n) is 2.75. The molecule has 25 heavy (non-hydrogen) atoms. The number of carbonyl (C=O) groups is 1. The van der Waals surface area contributed by atoms with Crippen LogP contribution in [0, 0.1) is 0 Å². The van der Waals surface area contributed by atoms with Crippen LogP contribution in [0.25, 0.3) is 0 Å². The predicted octanol–water partition coefficient (Wildman–Crippen LogP) is 2.10. The third-order valence-corrected chi connectivity index (χ3v) is 4.98. The molecule has 6 nitrogen and oxygen atoms in total. The van der Waals surface area contributed by atoms with Crippen LogP contribution in [0.5, 0.6) is 0 Å². The average Bonchev–Trinajstić information content (AvgIpc) is 2.63. The Morgan fingerprint density at radius 1 is 1.32 bits per heavy atom. The fraction of sp³-hybridized carbons (Fsp3) is 0.389. The van der Waals surface area contributed by atoms with E-state index in [2.05, 4.69) is 32.3 Å². The van der Waals surface area contributed by atoms with Gasteiger partial charge in [0.15, 0.2) is 0 Å². The summed E-state index contributed by atoms with van der Waals surface area (Å²) in [5.41, 5.74) is 2.06. The van der Waals surface area contributed by atoms with Crippen molar-refractivity contribution in [3.05, 3.63) is 48.4 Å². The van der Waals surface area contributed by atoms with Crippen molar-refractivity contribution >= 4 is 29.2 Å². The maximum absolute atomic E-state index is 12.3. The molecular weight excluding hydrogens is 334 g/mol. The zero-order valence-corrected chi connectivity index (χ0v) is 15.2. The van der Waals surface area contributed by atoms with E-state index in [0.29, 0.717) is 5.82 Å². The summed E-state index contributed by atoms with van der Waals surface area (Å²) < 4.78 is 0. The number of likely N-dealkylation sites (N-methyl/N-ethyl adjacent to an activating group) is 1. The molecular formula is C18H23N5OS. The Hall–Kier alpha value is -2.12. The van der Waals surface area contributed by atoms with Crippen LogP contribution in [-0.4, -0.2) is 59.0 Å². The molecule has 1 fully saturated rings. The minimum atomic E-state index is -0.0697. The summed E-state index contributed by atoms with van der Waals surface area (Å²) in [6.45, 7) is 3.42. The Bertz CT molecular complexity index is 691. The van der Waals surface area contributed by atoms with Gasteiger partial charge < -0.3 is 10.2 Å². The van der Waals surface area contributed by atoms with E-state index in [-0.39, 0.29) is 12.5 Å². The lowest BCUT2D eigenvalue weighted by molar-refractivity contribution is -0.114. The molecule has 1 aromatic carbocycles. The molecule has 7 heteroatoms. The molecule has 2 aromatic rings. The number of hydrogen-bond acceptors (Lipinski definition) is 6. The lowest BCUT2D eigenvalue weighted by atomic mass is 10.2. The van der Waals surface area contributed by atoms with E-state index in [1.165, 1.54) is 17.1 Å². The number of nitrogens with one attached hydrogen (secondary N) is 1. The van der Waals surface area contributed by atoms with Crippen LogP contribution < -0.4 is 10.2 Å². The first-order chi connectivity index (χ1) is 12.2. The summed E-state index contributed by atoms with van der Waals surface area (Å²) in [7, 11) is 1.83. The molecule has 0 bridgehead atoms. The monoisotopic (exact) mass is 357 g/mol. The average molecular weight is 357 g/mol. The summed E-state index contributed by atoms with van der Waals surface area (Å²) in [5.74, 6) is 3.00. The van der Waals surface area contributed by atoms with Crippen molar-refractivity contribution in [2.24, 2.45) is 0 Å². The maximum Gasteiger partial charge on any atom is 0.243 e. The number of anilines is 2. The van der Waals surface area contributed by atoms with Gasteiger partial charge in [-0.2, -0.15) is 11.8 Å². The second-order valence-electron chi connectivity index (χ2n) is 6.06. The van der Waals surface area contributed by atoms with Crippen molar-refractivity contribution in [1.29, 1.82) is 0 Å². The van der Waals surface area contributed by atoms with E-state index in [1.54, 1.807) is 23.5 Å². The van der Waals surface area contributed by atoms with Gasteiger partial charge >= 0.3 is 0 Å². The van der Waals surface area contributed by atoms with Crippen molar-refractivity contribution in [2.75, 3.05) is 48.4 Å². The molecule has 1 aliphatic heterocycles. The molecule has 3 rings (SSSR count). The van der Waals surface area contributed by atoms with Crippen molar-refractivity contribution in [3.63, 3.8) is 0 Å². The highest BCUT2D eigenvalue weighted by molar-refractivity contribution is 7.99.